The lowest BCUT2D eigenvalue weighted by Crippen LogP contribution is -2.30. The summed E-state index contributed by atoms with van der Waals surface area (Å²) in [5.74, 6) is 0.983. The highest BCUT2D eigenvalue weighted by molar-refractivity contribution is 5.70. The van der Waals surface area contributed by atoms with Crippen molar-refractivity contribution in [2.24, 2.45) is 0 Å². The van der Waals surface area contributed by atoms with Crippen molar-refractivity contribution in [2.45, 2.75) is 18.3 Å². The van der Waals surface area contributed by atoms with E-state index in [1.54, 1.807) is 7.11 Å². The van der Waals surface area contributed by atoms with Gasteiger partial charge in [0.25, 0.3) is 0 Å². The molecule has 2 heteroatoms. The van der Waals surface area contributed by atoms with Gasteiger partial charge in [0, 0.05) is 24.2 Å². The van der Waals surface area contributed by atoms with E-state index < -0.39 is 0 Å². The fourth-order valence-electron chi connectivity index (χ4n) is 2.83. The first-order chi connectivity index (χ1) is 7.86. The molecule has 3 rings (SSSR count). The molecule has 0 saturated carbocycles. The molecule has 1 aromatic rings. The van der Waals surface area contributed by atoms with E-state index in [1.165, 1.54) is 11.1 Å². The van der Waals surface area contributed by atoms with Crippen LogP contribution in [0.4, 0.5) is 0 Å². The molecule has 0 unspecified atom stereocenters. The predicted molar refractivity (Wildman–Crippen MR) is 63.8 cm³/mol. The summed E-state index contributed by atoms with van der Waals surface area (Å²) in [5, 5.41) is 0. The van der Waals surface area contributed by atoms with Crippen LogP contribution in [0.5, 0.6) is 5.75 Å². The van der Waals surface area contributed by atoms with E-state index in [0.29, 0.717) is 0 Å². The van der Waals surface area contributed by atoms with E-state index >= 15 is 0 Å². The number of hydrogen-bond donors (Lipinski definition) is 0. The SMILES string of the molecule is COc1cccc2c1C=CC21CCOCC1. The van der Waals surface area contributed by atoms with Crippen molar-refractivity contribution in [3.8, 4) is 5.75 Å². The zero-order valence-electron chi connectivity index (χ0n) is 9.53. The molecule has 0 N–H and O–H groups in total. The minimum absolute atomic E-state index is 0.210. The molecule has 1 spiro atoms. The highest BCUT2D eigenvalue weighted by Crippen LogP contribution is 2.45. The number of hydrogen-bond acceptors (Lipinski definition) is 2. The van der Waals surface area contributed by atoms with Crippen LogP contribution < -0.4 is 4.74 Å². The van der Waals surface area contributed by atoms with Gasteiger partial charge in [-0.15, -0.1) is 0 Å². The summed E-state index contributed by atoms with van der Waals surface area (Å²) >= 11 is 0. The summed E-state index contributed by atoms with van der Waals surface area (Å²) in [4.78, 5) is 0. The molecule has 84 valence electrons. The van der Waals surface area contributed by atoms with Gasteiger partial charge >= 0.3 is 0 Å². The molecular weight excluding hydrogens is 200 g/mol. The first-order valence-electron chi connectivity index (χ1n) is 5.80. The Balaban J connectivity index is 2.08. The Morgan fingerprint density at radius 3 is 2.81 bits per heavy atom. The van der Waals surface area contributed by atoms with Crippen LogP contribution in [0.15, 0.2) is 24.3 Å². The topological polar surface area (TPSA) is 18.5 Å². The second kappa shape index (κ2) is 3.63. The minimum atomic E-state index is 0.210. The van der Waals surface area contributed by atoms with E-state index in [9.17, 15) is 0 Å². The fraction of sp³-hybridized carbons (Fsp3) is 0.429. The molecule has 0 atom stereocenters. The Labute approximate surface area is 95.9 Å². The van der Waals surface area contributed by atoms with Crippen molar-refractivity contribution >= 4 is 6.08 Å². The second-order valence-electron chi connectivity index (χ2n) is 4.52. The third-order valence-corrected chi connectivity index (χ3v) is 3.78. The molecule has 1 aromatic carbocycles. The molecule has 2 aliphatic rings. The van der Waals surface area contributed by atoms with Crippen molar-refractivity contribution in [3.63, 3.8) is 0 Å². The summed E-state index contributed by atoms with van der Waals surface area (Å²) in [6, 6.07) is 6.34. The Morgan fingerprint density at radius 1 is 1.25 bits per heavy atom. The zero-order valence-corrected chi connectivity index (χ0v) is 9.53. The van der Waals surface area contributed by atoms with Crippen molar-refractivity contribution in [1.29, 1.82) is 0 Å². The summed E-state index contributed by atoms with van der Waals surface area (Å²) < 4.78 is 10.9. The Bertz CT molecular complexity index is 428. The van der Waals surface area contributed by atoms with Gasteiger partial charge in [-0.2, -0.15) is 0 Å². The van der Waals surface area contributed by atoms with Crippen LogP contribution in [-0.2, 0) is 10.2 Å². The zero-order chi connectivity index (χ0) is 11.0. The van der Waals surface area contributed by atoms with Gasteiger partial charge in [-0.1, -0.05) is 24.3 Å². The molecule has 1 aliphatic carbocycles. The lowest BCUT2D eigenvalue weighted by atomic mass is 9.76. The quantitative estimate of drug-likeness (QED) is 0.718. The second-order valence-corrected chi connectivity index (χ2v) is 4.52. The summed E-state index contributed by atoms with van der Waals surface area (Å²) in [6.07, 6.45) is 6.72. The van der Waals surface area contributed by atoms with Gasteiger partial charge in [-0.3, -0.25) is 0 Å². The van der Waals surface area contributed by atoms with Gasteiger partial charge in [0.15, 0.2) is 0 Å². The number of methoxy groups -OCH3 is 1. The third kappa shape index (κ3) is 1.30. The van der Waals surface area contributed by atoms with Crippen LogP contribution in [-0.4, -0.2) is 20.3 Å². The van der Waals surface area contributed by atoms with Crippen LogP contribution in [0.3, 0.4) is 0 Å². The molecule has 2 nitrogen and oxygen atoms in total. The first kappa shape index (κ1) is 9.91. The monoisotopic (exact) mass is 216 g/mol. The van der Waals surface area contributed by atoms with Crippen molar-refractivity contribution in [2.75, 3.05) is 20.3 Å². The Kier molecular flexibility index (Phi) is 2.25. The number of fused-ring (bicyclic) bond motifs is 2. The van der Waals surface area contributed by atoms with Gasteiger partial charge in [0.2, 0.25) is 0 Å². The van der Waals surface area contributed by atoms with Crippen LogP contribution in [0.1, 0.15) is 24.0 Å². The average Bonchev–Trinajstić information content (AvgIpc) is 2.70. The summed E-state index contributed by atoms with van der Waals surface area (Å²) in [5.41, 5.74) is 2.88. The number of ether oxygens (including phenoxy) is 2. The van der Waals surface area contributed by atoms with E-state index in [4.69, 9.17) is 9.47 Å². The Hall–Kier alpha value is -1.28. The molecular formula is C14H16O2. The molecule has 1 fully saturated rings. The van der Waals surface area contributed by atoms with Crippen LogP contribution >= 0.6 is 0 Å². The molecule has 0 aromatic heterocycles. The molecule has 1 heterocycles. The fourth-order valence-corrected chi connectivity index (χ4v) is 2.83. The van der Waals surface area contributed by atoms with Crippen LogP contribution in [0, 0.1) is 0 Å². The minimum Gasteiger partial charge on any atom is -0.496 e. The number of benzene rings is 1. The van der Waals surface area contributed by atoms with Crippen LogP contribution in [0.25, 0.3) is 6.08 Å². The number of allylic oxidation sites excluding steroid dienone is 1. The van der Waals surface area contributed by atoms with Gasteiger partial charge < -0.3 is 9.47 Å². The van der Waals surface area contributed by atoms with Gasteiger partial charge in [-0.05, 0) is 24.5 Å². The maximum Gasteiger partial charge on any atom is 0.126 e. The third-order valence-electron chi connectivity index (χ3n) is 3.78. The predicted octanol–water partition coefficient (Wildman–Crippen LogP) is 2.77. The highest BCUT2D eigenvalue weighted by atomic mass is 16.5. The lowest BCUT2D eigenvalue weighted by Gasteiger charge is -2.33. The lowest BCUT2D eigenvalue weighted by molar-refractivity contribution is 0.0662. The van der Waals surface area contributed by atoms with E-state index in [1.807, 2.05) is 6.07 Å². The van der Waals surface area contributed by atoms with E-state index in [0.717, 1.165) is 31.8 Å². The Morgan fingerprint density at radius 2 is 2.06 bits per heavy atom. The first-order valence-corrected chi connectivity index (χ1v) is 5.80. The average molecular weight is 216 g/mol. The molecule has 1 aliphatic heterocycles. The van der Waals surface area contributed by atoms with Gasteiger partial charge in [-0.25, -0.2) is 0 Å². The standard InChI is InChI=1S/C14H16O2/c1-15-13-4-2-3-12-11(13)5-6-14(12)7-9-16-10-8-14/h2-6H,7-10H2,1H3. The largest absolute Gasteiger partial charge is 0.496 e. The van der Waals surface area contributed by atoms with Gasteiger partial charge in [0.05, 0.1) is 7.11 Å². The van der Waals surface area contributed by atoms with Crippen molar-refractivity contribution in [3.05, 3.63) is 35.4 Å². The van der Waals surface area contributed by atoms with Crippen LogP contribution in [0.2, 0.25) is 0 Å². The molecule has 0 amide bonds. The maximum absolute atomic E-state index is 5.46. The normalized spacial score (nSPS) is 21.1. The summed E-state index contributed by atoms with van der Waals surface area (Å²) in [6.45, 7) is 1.72. The van der Waals surface area contributed by atoms with Gasteiger partial charge in [0.1, 0.15) is 5.75 Å². The molecule has 0 radical (unpaired) electrons. The number of rotatable bonds is 1. The van der Waals surface area contributed by atoms with Crippen molar-refractivity contribution in [1.82, 2.24) is 0 Å². The molecule has 1 saturated heterocycles. The molecule has 16 heavy (non-hydrogen) atoms. The van der Waals surface area contributed by atoms with Crippen molar-refractivity contribution < 1.29 is 9.47 Å². The van der Waals surface area contributed by atoms with E-state index in [2.05, 4.69) is 24.3 Å². The maximum atomic E-state index is 5.46. The summed E-state index contributed by atoms with van der Waals surface area (Å²) in [7, 11) is 1.73. The molecule has 0 bridgehead atoms. The highest BCUT2D eigenvalue weighted by Gasteiger charge is 2.37. The van der Waals surface area contributed by atoms with E-state index in [-0.39, 0.29) is 5.41 Å². The smallest absolute Gasteiger partial charge is 0.126 e.